The average molecular weight is 330 g/mol. The number of hydrogen-bond donors (Lipinski definition) is 3. The van der Waals surface area contributed by atoms with Gasteiger partial charge in [-0.15, -0.1) is 0 Å². The zero-order chi connectivity index (χ0) is 17.5. The van der Waals surface area contributed by atoms with Crippen LogP contribution in [0.5, 0.6) is 0 Å². The minimum absolute atomic E-state index is 0.0639. The van der Waals surface area contributed by atoms with Crippen molar-refractivity contribution in [1.82, 2.24) is 4.98 Å². The molecule has 1 heterocycles. The minimum Gasteiger partial charge on any atom is -0.392 e. The summed E-state index contributed by atoms with van der Waals surface area (Å²) < 4.78 is 13.1. The SMILES string of the molecule is CC(C)(O)c1cc(CC(O)C2C[C@@H]2N)nc(-c2ccc(F)cc2)c1. The van der Waals surface area contributed by atoms with Crippen LogP contribution in [-0.2, 0) is 12.0 Å². The van der Waals surface area contributed by atoms with Crippen LogP contribution >= 0.6 is 0 Å². The molecule has 1 aliphatic rings. The van der Waals surface area contributed by atoms with Gasteiger partial charge in [0, 0.05) is 29.6 Å². The molecule has 3 atom stereocenters. The molecule has 1 fully saturated rings. The van der Waals surface area contributed by atoms with Crippen molar-refractivity contribution in [3.8, 4) is 11.3 Å². The Bertz CT molecular complexity index is 725. The Morgan fingerprint density at radius 3 is 2.46 bits per heavy atom. The normalized spacial score (nSPS) is 21.6. The first kappa shape index (κ1) is 17.0. The molecule has 0 spiro atoms. The van der Waals surface area contributed by atoms with E-state index in [1.165, 1.54) is 12.1 Å². The van der Waals surface area contributed by atoms with E-state index < -0.39 is 11.7 Å². The topological polar surface area (TPSA) is 79.4 Å². The molecule has 4 nitrogen and oxygen atoms in total. The Morgan fingerprint density at radius 1 is 1.29 bits per heavy atom. The fourth-order valence-electron chi connectivity index (χ4n) is 2.86. The largest absolute Gasteiger partial charge is 0.392 e. The van der Waals surface area contributed by atoms with Gasteiger partial charge < -0.3 is 15.9 Å². The van der Waals surface area contributed by atoms with E-state index >= 15 is 0 Å². The molecule has 1 aromatic heterocycles. The Morgan fingerprint density at radius 2 is 1.92 bits per heavy atom. The van der Waals surface area contributed by atoms with Crippen LogP contribution in [0.1, 0.15) is 31.5 Å². The van der Waals surface area contributed by atoms with Crippen LogP contribution in [0, 0.1) is 11.7 Å². The van der Waals surface area contributed by atoms with Gasteiger partial charge in [-0.05, 0) is 62.2 Å². The monoisotopic (exact) mass is 330 g/mol. The van der Waals surface area contributed by atoms with Gasteiger partial charge in [-0.3, -0.25) is 4.98 Å². The molecule has 0 aliphatic heterocycles. The maximum Gasteiger partial charge on any atom is 0.123 e. The summed E-state index contributed by atoms with van der Waals surface area (Å²) in [5.74, 6) is -0.192. The second-order valence-electron chi connectivity index (χ2n) is 7.13. The lowest BCUT2D eigenvalue weighted by molar-refractivity contribution is 0.0782. The molecule has 0 saturated heterocycles. The highest BCUT2D eigenvalue weighted by Crippen LogP contribution is 2.33. The third kappa shape index (κ3) is 3.80. The minimum atomic E-state index is -1.03. The number of benzene rings is 1. The molecule has 0 bridgehead atoms. The van der Waals surface area contributed by atoms with Gasteiger partial charge >= 0.3 is 0 Å². The number of aromatic nitrogens is 1. The molecule has 1 aromatic carbocycles. The van der Waals surface area contributed by atoms with Crippen molar-refractivity contribution in [2.75, 3.05) is 0 Å². The van der Waals surface area contributed by atoms with E-state index in [0.717, 1.165) is 12.0 Å². The fourth-order valence-corrected chi connectivity index (χ4v) is 2.86. The van der Waals surface area contributed by atoms with E-state index in [9.17, 15) is 14.6 Å². The smallest absolute Gasteiger partial charge is 0.123 e. The molecule has 0 radical (unpaired) electrons. The van der Waals surface area contributed by atoms with Crippen molar-refractivity contribution in [3.05, 3.63) is 53.5 Å². The van der Waals surface area contributed by atoms with Gasteiger partial charge in [-0.2, -0.15) is 0 Å². The van der Waals surface area contributed by atoms with E-state index in [1.807, 2.05) is 6.07 Å². The summed E-state index contributed by atoms with van der Waals surface area (Å²) in [6.07, 6.45) is 0.679. The van der Waals surface area contributed by atoms with E-state index in [4.69, 9.17) is 5.73 Å². The molecule has 1 aliphatic carbocycles. The molecule has 2 unspecified atom stereocenters. The number of hydrogen-bond acceptors (Lipinski definition) is 4. The van der Waals surface area contributed by atoms with Gasteiger partial charge in [0.1, 0.15) is 5.82 Å². The lowest BCUT2D eigenvalue weighted by atomic mass is 9.95. The predicted molar refractivity (Wildman–Crippen MR) is 90.7 cm³/mol. The van der Waals surface area contributed by atoms with Crippen LogP contribution < -0.4 is 5.73 Å². The third-order valence-corrected chi connectivity index (χ3v) is 4.53. The molecular weight excluding hydrogens is 307 g/mol. The first-order valence-corrected chi connectivity index (χ1v) is 8.17. The summed E-state index contributed by atoms with van der Waals surface area (Å²) in [6.45, 7) is 3.40. The molecule has 3 rings (SSSR count). The van der Waals surface area contributed by atoms with Crippen LogP contribution in [0.2, 0.25) is 0 Å². The van der Waals surface area contributed by atoms with Crippen molar-refractivity contribution < 1.29 is 14.6 Å². The highest BCUT2D eigenvalue weighted by Gasteiger charge is 2.39. The molecular formula is C19H23FN2O2. The summed E-state index contributed by atoms with van der Waals surface area (Å²) in [7, 11) is 0. The van der Waals surface area contributed by atoms with Crippen LogP contribution in [0.15, 0.2) is 36.4 Å². The standard InChI is InChI=1S/C19H23FN2O2/c1-19(2,24)12-7-14(9-18(23)15-10-16(15)21)22-17(8-12)11-3-5-13(20)6-4-11/h3-8,15-16,18,23-24H,9-10,21H2,1-2H3/t15?,16-,18?/m0/s1. The molecule has 2 aromatic rings. The number of halogens is 1. The van der Waals surface area contributed by atoms with Crippen LogP contribution in [0.3, 0.4) is 0 Å². The number of nitrogens with two attached hydrogens (primary N) is 1. The summed E-state index contributed by atoms with van der Waals surface area (Å²) >= 11 is 0. The Hall–Kier alpha value is -1.82. The fraction of sp³-hybridized carbons (Fsp3) is 0.421. The molecule has 4 N–H and O–H groups in total. The summed E-state index contributed by atoms with van der Waals surface area (Å²) in [5, 5.41) is 20.6. The number of aliphatic hydroxyl groups is 2. The van der Waals surface area contributed by atoms with E-state index in [1.54, 1.807) is 32.0 Å². The highest BCUT2D eigenvalue weighted by molar-refractivity contribution is 5.60. The lowest BCUT2D eigenvalue weighted by Gasteiger charge is -2.20. The van der Waals surface area contributed by atoms with Crippen molar-refractivity contribution >= 4 is 0 Å². The average Bonchev–Trinajstić information content (AvgIpc) is 3.24. The van der Waals surface area contributed by atoms with Gasteiger partial charge in [0.15, 0.2) is 0 Å². The second kappa shape index (κ2) is 6.24. The molecule has 5 heteroatoms. The zero-order valence-electron chi connectivity index (χ0n) is 13.9. The van der Waals surface area contributed by atoms with Crippen LogP contribution in [0.4, 0.5) is 4.39 Å². The van der Waals surface area contributed by atoms with Crippen molar-refractivity contribution in [2.45, 2.75) is 44.4 Å². The molecule has 24 heavy (non-hydrogen) atoms. The van der Waals surface area contributed by atoms with Gasteiger partial charge in [0.25, 0.3) is 0 Å². The van der Waals surface area contributed by atoms with Gasteiger partial charge in [-0.1, -0.05) is 0 Å². The van der Waals surface area contributed by atoms with E-state index in [0.29, 0.717) is 23.4 Å². The molecule has 128 valence electrons. The van der Waals surface area contributed by atoms with Gasteiger partial charge in [-0.25, -0.2) is 4.39 Å². The van der Waals surface area contributed by atoms with Crippen molar-refractivity contribution in [3.63, 3.8) is 0 Å². The van der Waals surface area contributed by atoms with Crippen molar-refractivity contribution in [1.29, 1.82) is 0 Å². The summed E-state index contributed by atoms with van der Waals surface area (Å²) in [4.78, 5) is 4.59. The van der Waals surface area contributed by atoms with Crippen LogP contribution in [-0.4, -0.2) is 27.3 Å². The zero-order valence-corrected chi connectivity index (χ0v) is 13.9. The number of rotatable bonds is 5. The van der Waals surface area contributed by atoms with E-state index in [2.05, 4.69) is 4.98 Å². The summed E-state index contributed by atoms with van der Waals surface area (Å²) in [5.41, 5.74) is 7.58. The first-order chi connectivity index (χ1) is 11.2. The molecule has 1 saturated carbocycles. The number of nitrogens with zero attached hydrogens (tertiary/aromatic N) is 1. The number of pyridine rings is 1. The molecule has 0 amide bonds. The van der Waals surface area contributed by atoms with Gasteiger partial charge in [0.05, 0.1) is 17.4 Å². The lowest BCUT2D eigenvalue weighted by Crippen LogP contribution is -2.21. The predicted octanol–water partition coefficient (Wildman–Crippen LogP) is 2.37. The number of aliphatic hydroxyl groups excluding tert-OH is 1. The van der Waals surface area contributed by atoms with Crippen molar-refractivity contribution in [2.24, 2.45) is 11.7 Å². The quantitative estimate of drug-likeness (QED) is 0.786. The summed E-state index contributed by atoms with van der Waals surface area (Å²) in [6, 6.07) is 9.74. The van der Waals surface area contributed by atoms with Crippen LogP contribution in [0.25, 0.3) is 11.3 Å². The Kier molecular flexibility index (Phi) is 4.42. The Balaban J connectivity index is 1.95. The highest BCUT2D eigenvalue weighted by atomic mass is 19.1. The maximum absolute atomic E-state index is 13.1. The Labute approximate surface area is 141 Å². The van der Waals surface area contributed by atoms with E-state index in [-0.39, 0.29) is 17.8 Å². The third-order valence-electron chi connectivity index (χ3n) is 4.53. The first-order valence-electron chi connectivity index (χ1n) is 8.17. The maximum atomic E-state index is 13.1. The second-order valence-corrected chi connectivity index (χ2v) is 7.13. The van der Waals surface area contributed by atoms with Gasteiger partial charge in [0.2, 0.25) is 0 Å².